The second-order valence-corrected chi connectivity index (χ2v) is 5.64. The van der Waals surface area contributed by atoms with Crippen molar-refractivity contribution < 1.29 is 21.2 Å². The molecule has 0 aromatic heterocycles. The average molecular weight is 254 g/mol. The van der Waals surface area contributed by atoms with Gasteiger partial charge in [0.1, 0.15) is 0 Å². The summed E-state index contributed by atoms with van der Waals surface area (Å²) in [6.07, 6.45) is 2.03. The van der Waals surface area contributed by atoms with Gasteiger partial charge in [-0.15, -0.1) is 0 Å². The van der Waals surface area contributed by atoms with E-state index in [4.69, 9.17) is 0 Å². The van der Waals surface area contributed by atoms with Gasteiger partial charge < -0.3 is 0 Å². The number of allylic oxidation sites excluding steroid dienone is 1. The van der Waals surface area contributed by atoms with Gasteiger partial charge in [-0.05, 0) is 0 Å². The van der Waals surface area contributed by atoms with E-state index in [1.165, 1.54) is 4.43 Å². The third kappa shape index (κ3) is 4.28. The zero-order valence-electron chi connectivity index (χ0n) is 7.02. The van der Waals surface area contributed by atoms with E-state index < -0.39 is 0 Å². The summed E-state index contributed by atoms with van der Waals surface area (Å²) >= 11 is 0.289. The molecule has 0 fully saturated rings. The van der Waals surface area contributed by atoms with Crippen molar-refractivity contribution in [3.63, 3.8) is 0 Å². The fourth-order valence-corrected chi connectivity index (χ4v) is 3.11. The quantitative estimate of drug-likeness (QED) is 0.271. The number of hydrogen-bond acceptors (Lipinski definition) is 1. The first-order valence-corrected chi connectivity index (χ1v) is 6.35. The number of rotatable bonds is 5. The van der Waals surface area contributed by atoms with Crippen LogP contribution in [0.3, 0.4) is 0 Å². The molecule has 0 rings (SSSR count). The molecule has 0 amide bonds. The Hall–Kier alpha value is 0.430. The van der Waals surface area contributed by atoms with Gasteiger partial charge in [-0.2, -0.15) is 0 Å². The van der Waals surface area contributed by atoms with E-state index in [0.717, 1.165) is 9.97 Å². The van der Waals surface area contributed by atoms with Crippen LogP contribution >= 0.6 is 0 Å². The standard InChI is InChI=1S/C8H17IN/c1-5-6-9-8(10-4)7(2)3/h5,7-8,10H,1,6H2,2-4H3/q-1/t8-/m1/s1. The molecule has 0 bridgehead atoms. The zero-order valence-corrected chi connectivity index (χ0v) is 9.18. The Balaban J connectivity index is 3.49. The molecule has 1 atom stereocenters. The van der Waals surface area contributed by atoms with Crippen molar-refractivity contribution >= 4 is 0 Å². The van der Waals surface area contributed by atoms with E-state index in [0.29, 0.717) is 0 Å². The van der Waals surface area contributed by atoms with Crippen molar-refractivity contribution in [1.29, 1.82) is 0 Å². The van der Waals surface area contributed by atoms with E-state index >= 15 is 0 Å². The fourth-order valence-electron chi connectivity index (χ4n) is 0.748. The topological polar surface area (TPSA) is 12.0 Å². The Kier molecular flexibility index (Phi) is 6.43. The fraction of sp³-hybridized carbons (Fsp3) is 0.750. The van der Waals surface area contributed by atoms with Crippen LogP contribution in [0.25, 0.3) is 0 Å². The van der Waals surface area contributed by atoms with E-state index in [9.17, 15) is 0 Å². The molecule has 10 heavy (non-hydrogen) atoms. The molecule has 1 N–H and O–H groups in total. The van der Waals surface area contributed by atoms with Crippen molar-refractivity contribution in [2.45, 2.75) is 17.9 Å². The first-order chi connectivity index (χ1) is 4.72. The molecule has 0 saturated heterocycles. The summed E-state index contributed by atoms with van der Waals surface area (Å²) in [6, 6.07) is 0. The van der Waals surface area contributed by atoms with Gasteiger partial charge in [-0.25, -0.2) is 0 Å². The van der Waals surface area contributed by atoms with Crippen LogP contribution in [0, 0.1) is 5.92 Å². The van der Waals surface area contributed by atoms with Gasteiger partial charge in [-0.1, -0.05) is 0 Å². The normalized spacial score (nSPS) is 14.0. The van der Waals surface area contributed by atoms with Crippen LogP contribution in [0.15, 0.2) is 12.7 Å². The molecule has 0 aliphatic rings. The first-order valence-electron chi connectivity index (χ1n) is 3.58. The zero-order chi connectivity index (χ0) is 7.98. The van der Waals surface area contributed by atoms with E-state index in [-0.39, 0.29) is 21.2 Å². The predicted octanol–water partition coefficient (Wildman–Crippen LogP) is -1.54. The molecule has 0 aliphatic carbocycles. The predicted molar refractivity (Wildman–Crippen MR) is 42.7 cm³/mol. The maximum absolute atomic E-state index is 3.73. The molecule has 0 aliphatic heterocycles. The summed E-state index contributed by atoms with van der Waals surface area (Å²) in [5.41, 5.74) is 0. The summed E-state index contributed by atoms with van der Waals surface area (Å²) in [7, 11) is 2.05. The van der Waals surface area contributed by atoms with Crippen molar-refractivity contribution in [1.82, 2.24) is 5.32 Å². The van der Waals surface area contributed by atoms with E-state index in [2.05, 4.69) is 25.7 Å². The molecule has 0 spiro atoms. The number of hydrogen-bond donors (Lipinski definition) is 1. The molecule has 1 nitrogen and oxygen atoms in total. The summed E-state index contributed by atoms with van der Waals surface area (Å²) in [5, 5.41) is 3.34. The summed E-state index contributed by atoms with van der Waals surface area (Å²) < 4.78 is 1.99. The van der Waals surface area contributed by atoms with Crippen molar-refractivity contribution in [2.75, 3.05) is 11.5 Å². The number of nitrogens with one attached hydrogen (secondary N) is 1. The van der Waals surface area contributed by atoms with Crippen LogP contribution < -0.4 is 26.5 Å². The molecular formula is C8H17IN-. The van der Waals surface area contributed by atoms with Gasteiger partial charge >= 0.3 is 74.5 Å². The molecule has 0 heterocycles. The third-order valence-corrected chi connectivity index (χ3v) is 5.37. The molecule has 2 heteroatoms. The Morgan fingerprint density at radius 1 is 1.60 bits per heavy atom. The Bertz CT molecular complexity index is 91.3. The van der Waals surface area contributed by atoms with E-state index in [1.54, 1.807) is 0 Å². The monoisotopic (exact) mass is 254 g/mol. The van der Waals surface area contributed by atoms with Crippen LogP contribution in [-0.2, 0) is 0 Å². The second-order valence-electron chi connectivity index (χ2n) is 2.53. The van der Waals surface area contributed by atoms with Gasteiger partial charge in [0.05, 0.1) is 0 Å². The van der Waals surface area contributed by atoms with Crippen LogP contribution in [0.4, 0.5) is 0 Å². The van der Waals surface area contributed by atoms with Crippen LogP contribution in [-0.4, -0.2) is 15.5 Å². The number of alkyl halides is 2. The summed E-state index contributed by atoms with van der Waals surface area (Å²) in [6.45, 7) is 8.26. The van der Waals surface area contributed by atoms with Gasteiger partial charge in [-0.3, -0.25) is 0 Å². The third-order valence-electron chi connectivity index (χ3n) is 1.23. The molecule has 0 aromatic rings. The molecule has 62 valence electrons. The van der Waals surface area contributed by atoms with Crippen LogP contribution in [0.1, 0.15) is 13.8 Å². The average Bonchev–Trinajstić information content (AvgIpc) is 1.89. The first kappa shape index (κ1) is 10.4. The van der Waals surface area contributed by atoms with E-state index in [1.807, 2.05) is 13.1 Å². The minimum absolute atomic E-state index is 0.289. The Morgan fingerprint density at radius 3 is 2.50 bits per heavy atom. The van der Waals surface area contributed by atoms with Gasteiger partial charge in [0.15, 0.2) is 0 Å². The number of halogens is 1. The van der Waals surface area contributed by atoms with Crippen molar-refractivity contribution in [2.24, 2.45) is 5.92 Å². The summed E-state index contributed by atoms with van der Waals surface area (Å²) in [4.78, 5) is 0. The Labute approximate surface area is 74.5 Å². The van der Waals surface area contributed by atoms with Gasteiger partial charge in [0.2, 0.25) is 0 Å². The van der Waals surface area contributed by atoms with Crippen molar-refractivity contribution in [3.8, 4) is 0 Å². The maximum atomic E-state index is 3.73. The van der Waals surface area contributed by atoms with Crippen LogP contribution in [0.2, 0.25) is 0 Å². The van der Waals surface area contributed by atoms with Gasteiger partial charge in [0, 0.05) is 0 Å². The van der Waals surface area contributed by atoms with Crippen LogP contribution in [0.5, 0.6) is 0 Å². The minimum atomic E-state index is 0.289. The molecule has 0 radical (unpaired) electrons. The second kappa shape index (κ2) is 6.16. The molecule has 0 unspecified atom stereocenters. The summed E-state index contributed by atoms with van der Waals surface area (Å²) in [5.74, 6) is 0.776. The SMILES string of the molecule is C=CC[I-][C@H](NC)C(C)C. The van der Waals surface area contributed by atoms with Gasteiger partial charge in [0.25, 0.3) is 0 Å². The van der Waals surface area contributed by atoms with Crippen molar-refractivity contribution in [3.05, 3.63) is 12.7 Å². The molecule has 0 saturated carbocycles. The molecular weight excluding hydrogens is 237 g/mol. The molecule has 0 aromatic carbocycles. The Morgan fingerprint density at radius 2 is 2.20 bits per heavy atom.